The standard InChI is InChI=1S/C8H9NO/c10-8-3-5-9(6-4-8)7-1-2-7/h3-7H,1-2H2. The summed E-state index contributed by atoms with van der Waals surface area (Å²) in [7, 11) is 0. The van der Waals surface area contributed by atoms with Crippen LogP contribution < -0.4 is 5.43 Å². The van der Waals surface area contributed by atoms with Crippen molar-refractivity contribution in [1.82, 2.24) is 4.57 Å². The summed E-state index contributed by atoms with van der Waals surface area (Å²) in [6.07, 6.45) is 6.26. The maximum atomic E-state index is 10.7. The van der Waals surface area contributed by atoms with Crippen molar-refractivity contribution >= 4 is 0 Å². The molecule has 0 radical (unpaired) electrons. The van der Waals surface area contributed by atoms with Gasteiger partial charge >= 0.3 is 0 Å². The number of hydrogen-bond donors (Lipinski definition) is 0. The largest absolute Gasteiger partial charge is 0.351 e. The van der Waals surface area contributed by atoms with Crippen LogP contribution in [0.15, 0.2) is 29.3 Å². The Morgan fingerprint density at radius 3 is 2.40 bits per heavy atom. The first-order valence-corrected chi connectivity index (χ1v) is 3.54. The second-order valence-electron chi connectivity index (χ2n) is 2.71. The molecule has 1 aromatic heterocycles. The Balaban J connectivity index is 2.36. The Morgan fingerprint density at radius 1 is 1.30 bits per heavy atom. The predicted octanol–water partition coefficient (Wildman–Crippen LogP) is 1.18. The molecule has 1 aliphatic carbocycles. The fourth-order valence-corrected chi connectivity index (χ4v) is 1.04. The van der Waals surface area contributed by atoms with E-state index in [-0.39, 0.29) is 5.43 Å². The molecule has 1 heterocycles. The summed E-state index contributed by atoms with van der Waals surface area (Å²) >= 11 is 0. The van der Waals surface area contributed by atoms with Crippen LogP contribution in [0.25, 0.3) is 0 Å². The molecule has 1 aromatic rings. The quantitative estimate of drug-likeness (QED) is 0.566. The molecule has 0 atom stereocenters. The van der Waals surface area contributed by atoms with Gasteiger partial charge in [0.1, 0.15) is 0 Å². The van der Waals surface area contributed by atoms with Crippen molar-refractivity contribution in [2.75, 3.05) is 0 Å². The van der Waals surface area contributed by atoms with Crippen LogP contribution in [0.2, 0.25) is 0 Å². The van der Waals surface area contributed by atoms with Crippen molar-refractivity contribution in [3.05, 3.63) is 34.7 Å². The van der Waals surface area contributed by atoms with E-state index in [1.54, 1.807) is 12.1 Å². The van der Waals surface area contributed by atoms with Gasteiger partial charge in [0.25, 0.3) is 0 Å². The normalized spacial score (nSPS) is 17.2. The molecule has 1 aliphatic rings. The third-order valence-electron chi connectivity index (χ3n) is 1.79. The average molecular weight is 135 g/mol. The fraction of sp³-hybridized carbons (Fsp3) is 0.375. The van der Waals surface area contributed by atoms with E-state index in [0.29, 0.717) is 6.04 Å². The lowest BCUT2D eigenvalue weighted by Crippen LogP contribution is -2.01. The third kappa shape index (κ3) is 0.967. The molecule has 0 spiro atoms. The van der Waals surface area contributed by atoms with E-state index in [1.807, 2.05) is 12.4 Å². The van der Waals surface area contributed by atoms with Crippen LogP contribution in [-0.2, 0) is 0 Å². The molecule has 0 aliphatic heterocycles. The van der Waals surface area contributed by atoms with Gasteiger partial charge in [-0.05, 0) is 12.8 Å². The molecule has 52 valence electrons. The highest BCUT2D eigenvalue weighted by molar-refractivity contribution is 4.97. The van der Waals surface area contributed by atoms with Gasteiger partial charge in [0, 0.05) is 30.6 Å². The lowest BCUT2D eigenvalue weighted by molar-refractivity contribution is 0.733. The van der Waals surface area contributed by atoms with Crippen LogP contribution in [0.5, 0.6) is 0 Å². The molecule has 1 saturated carbocycles. The number of rotatable bonds is 1. The van der Waals surface area contributed by atoms with Gasteiger partial charge in [0.15, 0.2) is 5.43 Å². The molecule has 0 saturated heterocycles. The Morgan fingerprint density at radius 2 is 1.90 bits per heavy atom. The molecular weight excluding hydrogens is 126 g/mol. The number of pyridine rings is 1. The molecule has 2 nitrogen and oxygen atoms in total. The van der Waals surface area contributed by atoms with E-state index >= 15 is 0 Å². The lowest BCUT2D eigenvalue weighted by Gasteiger charge is -1.99. The second kappa shape index (κ2) is 1.97. The zero-order valence-electron chi connectivity index (χ0n) is 5.66. The van der Waals surface area contributed by atoms with Gasteiger partial charge in [-0.3, -0.25) is 4.79 Å². The van der Waals surface area contributed by atoms with E-state index in [2.05, 4.69) is 4.57 Å². The fourth-order valence-electron chi connectivity index (χ4n) is 1.04. The van der Waals surface area contributed by atoms with Crippen molar-refractivity contribution in [2.24, 2.45) is 0 Å². The minimum atomic E-state index is 0.0944. The van der Waals surface area contributed by atoms with Crippen LogP contribution in [0.1, 0.15) is 18.9 Å². The molecule has 0 N–H and O–H groups in total. The number of hydrogen-bond acceptors (Lipinski definition) is 1. The molecule has 1 fully saturated rings. The first kappa shape index (κ1) is 5.71. The van der Waals surface area contributed by atoms with E-state index in [1.165, 1.54) is 12.8 Å². The number of aromatic nitrogens is 1. The van der Waals surface area contributed by atoms with E-state index < -0.39 is 0 Å². The van der Waals surface area contributed by atoms with Crippen LogP contribution in [0.3, 0.4) is 0 Å². The second-order valence-corrected chi connectivity index (χ2v) is 2.71. The molecule has 0 unspecified atom stereocenters. The minimum Gasteiger partial charge on any atom is -0.351 e. The molecular formula is C8H9NO. The van der Waals surface area contributed by atoms with Gasteiger partial charge in [0.2, 0.25) is 0 Å². The van der Waals surface area contributed by atoms with Crippen LogP contribution in [0, 0.1) is 0 Å². The Labute approximate surface area is 59.1 Å². The smallest absolute Gasteiger partial charge is 0.181 e. The van der Waals surface area contributed by atoms with E-state index in [9.17, 15) is 4.79 Å². The summed E-state index contributed by atoms with van der Waals surface area (Å²) in [5.74, 6) is 0. The Kier molecular flexibility index (Phi) is 1.13. The van der Waals surface area contributed by atoms with Crippen LogP contribution >= 0.6 is 0 Å². The zero-order valence-corrected chi connectivity index (χ0v) is 5.66. The van der Waals surface area contributed by atoms with Gasteiger partial charge < -0.3 is 4.57 Å². The maximum absolute atomic E-state index is 10.7. The van der Waals surface area contributed by atoms with Crippen LogP contribution in [-0.4, -0.2) is 4.57 Å². The van der Waals surface area contributed by atoms with E-state index in [0.717, 1.165) is 0 Å². The van der Waals surface area contributed by atoms with Gasteiger partial charge in [-0.25, -0.2) is 0 Å². The summed E-state index contributed by atoms with van der Waals surface area (Å²) in [6, 6.07) is 3.90. The summed E-state index contributed by atoms with van der Waals surface area (Å²) in [5, 5.41) is 0. The first-order chi connectivity index (χ1) is 4.86. The maximum Gasteiger partial charge on any atom is 0.181 e. The minimum absolute atomic E-state index is 0.0944. The van der Waals surface area contributed by atoms with Gasteiger partial charge in [-0.1, -0.05) is 0 Å². The van der Waals surface area contributed by atoms with E-state index in [4.69, 9.17) is 0 Å². The number of nitrogens with zero attached hydrogens (tertiary/aromatic N) is 1. The summed E-state index contributed by atoms with van der Waals surface area (Å²) < 4.78 is 2.10. The Hall–Kier alpha value is -1.05. The molecule has 2 rings (SSSR count). The third-order valence-corrected chi connectivity index (χ3v) is 1.79. The van der Waals surface area contributed by atoms with Crippen molar-refractivity contribution < 1.29 is 0 Å². The summed E-state index contributed by atoms with van der Waals surface area (Å²) in [4.78, 5) is 10.7. The molecule has 0 amide bonds. The highest BCUT2D eigenvalue weighted by Gasteiger charge is 2.21. The lowest BCUT2D eigenvalue weighted by atomic mass is 10.4. The van der Waals surface area contributed by atoms with Gasteiger partial charge in [-0.15, -0.1) is 0 Å². The average Bonchev–Trinajstić information content (AvgIpc) is 2.71. The molecule has 0 bridgehead atoms. The van der Waals surface area contributed by atoms with Crippen LogP contribution in [0.4, 0.5) is 0 Å². The molecule has 0 aromatic carbocycles. The molecule has 10 heavy (non-hydrogen) atoms. The van der Waals surface area contributed by atoms with Crippen molar-refractivity contribution in [3.63, 3.8) is 0 Å². The van der Waals surface area contributed by atoms with Gasteiger partial charge in [0.05, 0.1) is 0 Å². The molecule has 2 heteroatoms. The van der Waals surface area contributed by atoms with Crippen molar-refractivity contribution in [2.45, 2.75) is 18.9 Å². The van der Waals surface area contributed by atoms with Crippen molar-refractivity contribution in [1.29, 1.82) is 0 Å². The topological polar surface area (TPSA) is 22.0 Å². The highest BCUT2D eigenvalue weighted by atomic mass is 16.1. The zero-order chi connectivity index (χ0) is 6.97. The highest BCUT2D eigenvalue weighted by Crippen LogP contribution is 2.33. The Bertz CT molecular complexity index is 265. The predicted molar refractivity (Wildman–Crippen MR) is 39.0 cm³/mol. The summed E-state index contributed by atoms with van der Waals surface area (Å²) in [5.41, 5.74) is 0.0944. The van der Waals surface area contributed by atoms with Crippen molar-refractivity contribution in [3.8, 4) is 0 Å². The first-order valence-electron chi connectivity index (χ1n) is 3.54. The monoisotopic (exact) mass is 135 g/mol. The SMILES string of the molecule is O=c1ccn(C2CC2)cc1. The summed E-state index contributed by atoms with van der Waals surface area (Å²) in [6.45, 7) is 0. The van der Waals surface area contributed by atoms with Gasteiger partial charge in [-0.2, -0.15) is 0 Å².